The first-order valence-electron chi connectivity index (χ1n) is 11.0. The third kappa shape index (κ3) is 5.36. The van der Waals surface area contributed by atoms with Gasteiger partial charge in [0.1, 0.15) is 11.7 Å². The van der Waals surface area contributed by atoms with Crippen LogP contribution >= 0.6 is 11.6 Å². The smallest absolute Gasteiger partial charge is 0.335 e. The number of barbiturate groups is 1. The minimum absolute atomic E-state index is 0.187. The third-order valence-corrected chi connectivity index (χ3v) is 5.59. The molecule has 0 aliphatic carbocycles. The fourth-order valence-corrected chi connectivity index (χ4v) is 3.74. The zero-order valence-corrected chi connectivity index (χ0v) is 19.9. The van der Waals surface area contributed by atoms with E-state index in [1.54, 1.807) is 30.3 Å². The quantitative estimate of drug-likeness (QED) is 0.347. The van der Waals surface area contributed by atoms with E-state index in [-0.39, 0.29) is 11.7 Å². The van der Waals surface area contributed by atoms with Crippen LogP contribution in [0.1, 0.15) is 31.1 Å². The summed E-state index contributed by atoms with van der Waals surface area (Å²) in [5.74, 6) is -0.514. The summed E-state index contributed by atoms with van der Waals surface area (Å²) < 4.78 is 11.9. The van der Waals surface area contributed by atoms with Crippen LogP contribution in [-0.4, -0.2) is 24.5 Å². The highest BCUT2D eigenvalue weighted by Crippen LogP contribution is 2.33. The molecule has 0 radical (unpaired) electrons. The Kier molecular flexibility index (Phi) is 7.17. The van der Waals surface area contributed by atoms with Gasteiger partial charge in [0, 0.05) is 5.02 Å². The molecule has 0 aromatic heterocycles. The molecular formula is C27H23ClN2O5. The Bertz CT molecular complexity index is 1290. The lowest BCUT2D eigenvalue weighted by molar-refractivity contribution is -0.122. The van der Waals surface area contributed by atoms with Crippen molar-refractivity contribution in [2.75, 3.05) is 11.5 Å². The van der Waals surface area contributed by atoms with Crippen molar-refractivity contribution in [1.29, 1.82) is 0 Å². The number of amides is 4. The van der Waals surface area contributed by atoms with Gasteiger partial charge >= 0.3 is 6.03 Å². The molecule has 0 saturated carbocycles. The number of urea groups is 1. The van der Waals surface area contributed by atoms with Gasteiger partial charge in [0.15, 0.2) is 11.5 Å². The molecule has 4 rings (SSSR count). The number of hydrogen-bond acceptors (Lipinski definition) is 5. The van der Waals surface area contributed by atoms with Gasteiger partial charge in [-0.15, -0.1) is 0 Å². The average Bonchev–Trinajstić information content (AvgIpc) is 2.85. The van der Waals surface area contributed by atoms with Crippen molar-refractivity contribution < 1.29 is 23.9 Å². The van der Waals surface area contributed by atoms with E-state index in [1.807, 2.05) is 44.2 Å². The number of nitrogens with zero attached hydrogens (tertiary/aromatic N) is 1. The minimum Gasteiger partial charge on any atom is -0.490 e. The van der Waals surface area contributed by atoms with Crippen LogP contribution in [0.5, 0.6) is 11.5 Å². The predicted molar refractivity (Wildman–Crippen MR) is 134 cm³/mol. The summed E-state index contributed by atoms with van der Waals surface area (Å²) in [6.45, 7) is 4.19. The number of halogens is 1. The lowest BCUT2D eigenvalue weighted by Crippen LogP contribution is -2.54. The maximum atomic E-state index is 13.1. The van der Waals surface area contributed by atoms with E-state index < -0.39 is 17.8 Å². The molecule has 3 aromatic rings. The second-order valence-corrected chi connectivity index (χ2v) is 8.18. The van der Waals surface area contributed by atoms with Crippen molar-refractivity contribution in [3.05, 3.63) is 94.5 Å². The standard InChI is InChI=1S/C27H23ClN2O5/c1-3-34-24-16-18(9-14-23(24)35-17(2)19-7-5-4-6-8-19)15-22-25(31)29-27(33)30(26(22)32)21-12-10-20(28)11-13-21/h4-17H,3H2,1-2H3,(H,29,31,33)/b22-15-/t17-/m1/s1. The number of anilines is 1. The second-order valence-electron chi connectivity index (χ2n) is 7.74. The lowest BCUT2D eigenvalue weighted by atomic mass is 10.1. The summed E-state index contributed by atoms with van der Waals surface area (Å²) in [4.78, 5) is 38.9. The van der Waals surface area contributed by atoms with Crippen LogP contribution in [0.25, 0.3) is 6.08 Å². The molecule has 1 heterocycles. The molecule has 1 N–H and O–H groups in total. The van der Waals surface area contributed by atoms with Crippen LogP contribution in [0.3, 0.4) is 0 Å². The van der Waals surface area contributed by atoms with Crippen LogP contribution in [0, 0.1) is 0 Å². The van der Waals surface area contributed by atoms with Gasteiger partial charge < -0.3 is 9.47 Å². The molecular weight excluding hydrogens is 468 g/mol. The Balaban J connectivity index is 1.63. The first-order valence-corrected chi connectivity index (χ1v) is 11.4. The van der Waals surface area contributed by atoms with Crippen molar-refractivity contribution >= 4 is 41.2 Å². The van der Waals surface area contributed by atoms with Gasteiger partial charge in [-0.1, -0.05) is 48.0 Å². The molecule has 35 heavy (non-hydrogen) atoms. The zero-order chi connectivity index (χ0) is 24.9. The molecule has 1 aliphatic rings. The molecule has 0 bridgehead atoms. The normalized spacial score (nSPS) is 15.7. The number of carbonyl (C=O) groups excluding carboxylic acids is 3. The maximum Gasteiger partial charge on any atom is 0.335 e. The van der Waals surface area contributed by atoms with Crippen molar-refractivity contribution in [3.8, 4) is 11.5 Å². The Morgan fingerprint density at radius 2 is 1.69 bits per heavy atom. The largest absolute Gasteiger partial charge is 0.490 e. The molecule has 1 atom stereocenters. The summed E-state index contributed by atoms with van der Waals surface area (Å²) in [6, 6.07) is 20.3. The van der Waals surface area contributed by atoms with Gasteiger partial charge in [-0.05, 0) is 67.4 Å². The first-order chi connectivity index (χ1) is 16.9. The summed E-state index contributed by atoms with van der Waals surface area (Å²) >= 11 is 5.91. The number of ether oxygens (including phenoxy) is 2. The highest BCUT2D eigenvalue weighted by Gasteiger charge is 2.36. The number of rotatable bonds is 7. The summed E-state index contributed by atoms with van der Waals surface area (Å²) in [5.41, 5.74) is 1.66. The second kappa shape index (κ2) is 10.4. The summed E-state index contributed by atoms with van der Waals surface area (Å²) in [5, 5.41) is 2.66. The Morgan fingerprint density at radius 3 is 2.37 bits per heavy atom. The van der Waals surface area contributed by atoms with Gasteiger partial charge in [-0.2, -0.15) is 0 Å². The van der Waals surface area contributed by atoms with Crippen LogP contribution in [-0.2, 0) is 9.59 Å². The van der Waals surface area contributed by atoms with Gasteiger partial charge in [-0.25, -0.2) is 9.69 Å². The van der Waals surface area contributed by atoms with Gasteiger partial charge in [0.25, 0.3) is 11.8 Å². The third-order valence-electron chi connectivity index (χ3n) is 5.34. The predicted octanol–water partition coefficient (Wildman–Crippen LogP) is 5.55. The lowest BCUT2D eigenvalue weighted by Gasteiger charge is -2.26. The monoisotopic (exact) mass is 490 g/mol. The van der Waals surface area contributed by atoms with Crippen LogP contribution in [0.4, 0.5) is 10.5 Å². The fourth-order valence-electron chi connectivity index (χ4n) is 3.61. The summed E-state index contributed by atoms with van der Waals surface area (Å²) in [6.07, 6.45) is 1.20. The van der Waals surface area contributed by atoms with E-state index in [9.17, 15) is 14.4 Å². The molecule has 1 saturated heterocycles. The van der Waals surface area contributed by atoms with Crippen molar-refractivity contribution in [3.63, 3.8) is 0 Å². The van der Waals surface area contributed by atoms with Crippen LogP contribution in [0.15, 0.2) is 78.4 Å². The van der Waals surface area contributed by atoms with Crippen LogP contribution in [0.2, 0.25) is 5.02 Å². The zero-order valence-electron chi connectivity index (χ0n) is 19.2. The fraction of sp³-hybridized carbons (Fsp3) is 0.148. The molecule has 178 valence electrons. The highest BCUT2D eigenvalue weighted by atomic mass is 35.5. The van der Waals surface area contributed by atoms with Gasteiger partial charge in [-0.3, -0.25) is 14.9 Å². The summed E-state index contributed by atoms with van der Waals surface area (Å²) in [7, 11) is 0. The number of benzene rings is 3. The topological polar surface area (TPSA) is 84.9 Å². The van der Waals surface area contributed by atoms with Crippen molar-refractivity contribution in [2.45, 2.75) is 20.0 Å². The van der Waals surface area contributed by atoms with Gasteiger partial charge in [0.2, 0.25) is 0 Å². The molecule has 1 fully saturated rings. The Labute approximate surface area is 207 Å². The highest BCUT2D eigenvalue weighted by molar-refractivity contribution is 6.39. The van der Waals surface area contributed by atoms with E-state index in [0.29, 0.717) is 34.4 Å². The number of carbonyl (C=O) groups is 3. The molecule has 7 nitrogen and oxygen atoms in total. The van der Waals surface area contributed by atoms with E-state index in [2.05, 4.69) is 5.32 Å². The molecule has 0 unspecified atom stereocenters. The Hall–Kier alpha value is -4.10. The van der Waals surface area contributed by atoms with E-state index >= 15 is 0 Å². The molecule has 4 amide bonds. The average molecular weight is 491 g/mol. The van der Waals surface area contributed by atoms with Crippen LogP contribution < -0.4 is 19.7 Å². The minimum atomic E-state index is -0.826. The molecule has 3 aromatic carbocycles. The maximum absolute atomic E-state index is 13.1. The first kappa shape index (κ1) is 24.0. The van der Waals surface area contributed by atoms with E-state index in [0.717, 1.165) is 10.5 Å². The molecule has 8 heteroatoms. The van der Waals surface area contributed by atoms with Gasteiger partial charge in [0.05, 0.1) is 12.3 Å². The molecule has 1 aliphatic heterocycles. The van der Waals surface area contributed by atoms with Crippen molar-refractivity contribution in [1.82, 2.24) is 5.32 Å². The number of imide groups is 2. The number of nitrogens with one attached hydrogen (secondary N) is 1. The Morgan fingerprint density at radius 1 is 0.971 bits per heavy atom. The SMILES string of the molecule is CCOc1cc(/C=C2/C(=O)NC(=O)N(c3ccc(Cl)cc3)C2=O)ccc1O[C@H](C)c1ccccc1. The van der Waals surface area contributed by atoms with E-state index in [4.69, 9.17) is 21.1 Å². The number of hydrogen-bond donors (Lipinski definition) is 1. The van der Waals surface area contributed by atoms with E-state index in [1.165, 1.54) is 18.2 Å². The van der Waals surface area contributed by atoms with Crippen molar-refractivity contribution in [2.24, 2.45) is 0 Å². The molecule has 0 spiro atoms.